The van der Waals surface area contributed by atoms with E-state index in [1.54, 1.807) is 30.3 Å². The Morgan fingerprint density at radius 2 is 1.71 bits per heavy atom. The van der Waals surface area contributed by atoms with Crippen molar-refractivity contribution in [1.82, 2.24) is 0 Å². The van der Waals surface area contributed by atoms with Gasteiger partial charge in [-0.3, -0.25) is 4.79 Å². The molecule has 1 heterocycles. The van der Waals surface area contributed by atoms with Gasteiger partial charge >= 0.3 is 0 Å². The van der Waals surface area contributed by atoms with Gasteiger partial charge in [-0.1, -0.05) is 42.5 Å². The summed E-state index contributed by atoms with van der Waals surface area (Å²) in [4.78, 5) is 12.9. The van der Waals surface area contributed by atoms with Crippen LogP contribution in [-0.4, -0.2) is 22.4 Å². The second-order valence-electron chi connectivity index (χ2n) is 7.02. The van der Waals surface area contributed by atoms with Gasteiger partial charge in [0.2, 0.25) is 0 Å². The molecule has 0 spiro atoms. The van der Waals surface area contributed by atoms with Crippen LogP contribution in [0.4, 0.5) is 0 Å². The van der Waals surface area contributed by atoms with E-state index < -0.39 is 11.3 Å². The van der Waals surface area contributed by atoms with Crippen LogP contribution in [0.15, 0.2) is 82.5 Å². The van der Waals surface area contributed by atoms with Crippen molar-refractivity contribution in [2.24, 2.45) is 0 Å². The third-order valence-electron chi connectivity index (χ3n) is 5.17. The fourth-order valence-electron chi connectivity index (χ4n) is 3.68. The molecular formula is C25H20O6. The van der Waals surface area contributed by atoms with Gasteiger partial charge in [-0.2, -0.15) is 0 Å². The predicted octanol–water partition coefficient (Wildman–Crippen LogP) is 4.90. The number of hydrogen-bond acceptors (Lipinski definition) is 6. The second kappa shape index (κ2) is 7.91. The average Bonchev–Trinajstić information content (AvgIpc) is 2.77. The van der Waals surface area contributed by atoms with Gasteiger partial charge in [0.05, 0.1) is 7.11 Å². The molecule has 1 aromatic heterocycles. The zero-order valence-corrected chi connectivity index (χ0v) is 16.7. The molecule has 6 heteroatoms. The highest BCUT2D eigenvalue weighted by atomic mass is 16.5. The summed E-state index contributed by atoms with van der Waals surface area (Å²) in [5, 5.41) is 31.0. The first kappa shape index (κ1) is 20.1. The molecule has 0 fully saturated rings. The predicted molar refractivity (Wildman–Crippen MR) is 118 cm³/mol. The van der Waals surface area contributed by atoms with Crippen LogP contribution < -0.4 is 10.2 Å². The standard InChI is InChI=1S/C25H20O6/c1-3-16(15-9-10-17(26)22(11-15)30-2)23-18(27)12-19(28)24-20(29)13-21(31-25(23)24)14-7-5-4-6-8-14/h3-13,16,26-28H,1H2,2H3/t16-/m0/s1. The Labute approximate surface area is 177 Å². The zero-order chi connectivity index (χ0) is 22.1. The van der Waals surface area contributed by atoms with Crippen molar-refractivity contribution in [3.05, 3.63) is 94.7 Å². The minimum Gasteiger partial charge on any atom is -0.507 e. The molecule has 0 saturated heterocycles. The van der Waals surface area contributed by atoms with Gasteiger partial charge in [0.1, 0.15) is 28.2 Å². The van der Waals surface area contributed by atoms with E-state index in [9.17, 15) is 20.1 Å². The summed E-state index contributed by atoms with van der Waals surface area (Å²) in [6.07, 6.45) is 1.58. The van der Waals surface area contributed by atoms with E-state index in [1.165, 1.54) is 19.2 Å². The lowest BCUT2D eigenvalue weighted by atomic mass is 9.88. The largest absolute Gasteiger partial charge is 0.507 e. The van der Waals surface area contributed by atoms with E-state index in [1.807, 2.05) is 18.2 Å². The van der Waals surface area contributed by atoms with E-state index in [0.29, 0.717) is 16.9 Å². The third-order valence-corrected chi connectivity index (χ3v) is 5.17. The Morgan fingerprint density at radius 1 is 0.968 bits per heavy atom. The van der Waals surface area contributed by atoms with Crippen molar-refractivity contribution in [3.8, 4) is 34.3 Å². The highest BCUT2D eigenvalue weighted by molar-refractivity contribution is 5.90. The summed E-state index contributed by atoms with van der Waals surface area (Å²) in [5.74, 6) is -0.738. The molecule has 4 rings (SSSR count). The molecule has 1 atom stereocenters. The fourth-order valence-corrected chi connectivity index (χ4v) is 3.68. The van der Waals surface area contributed by atoms with E-state index in [-0.39, 0.29) is 39.5 Å². The number of phenolic OH excluding ortho intramolecular Hbond substituents is 3. The first-order chi connectivity index (χ1) is 14.9. The molecule has 31 heavy (non-hydrogen) atoms. The maximum Gasteiger partial charge on any atom is 0.197 e. The molecule has 0 aliphatic heterocycles. The van der Waals surface area contributed by atoms with Crippen LogP contribution >= 0.6 is 0 Å². The third kappa shape index (κ3) is 3.48. The lowest BCUT2D eigenvalue weighted by Crippen LogP contribution is -2.06. The molecule has 0 aliphatic carbocycles. The molecule has 0 amide bonds. The number of allylic oxidation sites excluding steroid dienone is 1. The number of benzene rings is 3. The Balaban J connectivity index is 2.03. The number of methoxy groups -OCH3 is 1. The van der Waals surface area contributed by atoms with Crippen molar-refractivity contribution in [2.75, 3.05) is 7.11 Å². The molecule has 3 N–H and O–H groups in total. The minimum atomic E-state index is -0.619. The minimum absolute atomic E-state index is 0.0354. The highest BCUT2D eigenvalue weighted by Crippen LogP contribution is 2.43. The van der Waals surface area contributed by atoms with E-state index in [2.05, 4.69) is 6.58 Å². The van der Waals surface area contributed by atoms with Crippen molar-refractivity contribution in [1.29, 1.82) is 0 Å². The van der Waals surface area contributed by atoms with Crippen LogP contribution in [0.1, 0.15) is 17.0 Å². The fraction of sp³-hybridized carbons (Fsp3) is 0.0800. The lowest BCUT2D eigenvalue weighted by Gasteiger charge is -2.19. The van der Waals surface area contributed by atoms with Crippen molar-refractivity contribution < 1.29 is 24.5 Å². The van der Waals surface area contributed by atoms with Crippen LogP contribution in [0.5, 0.6) is 23.0 Å². The number of fused-ring (bicyclic) bond motifs is 1. The summed E-state index contributed by atoms with van der Waals surface area (Å²) in [6, 6.07) is 16.2. The molecule has 6 nitrogen and oxygen atoms in total. The summed E-state index contributed by atoms with van der Waals surface area (Å²) in [6.45, 7) is 3.87. The first-order valence-corrected chi connectivity index (χ1v) is 9.52. The normalized spacial score (nSPS) is 11.9. The lowest BCUT2D eigenvalue weighted by molar-refractivity contribution is 0.373. The van der Waals surface area contributed by atoms with Crippen LogP contribution in [0.2, 0.25) is 0 Å². The van der Waals surface area contributed by atoms with Gasteiger partial charge in [-0.15, -0.1) is 6.58 Å². The van der Waals surface area contributed by atoms with Crippen LogP contribution in [0.25, 0.3) is 22.3 Å². The average molecular weight is 416 g/mol. The topological polar surface area (TPSA) is 100 Å². The van der Waals surface area contributed by atoms with Gasteiger partial charge in [-0.05, 0) is 17.7 Å². The number of aromatic hydroxyl groups is 3. The number of ether oxygens (including phenoxy) is 1. The Morgan fingerprint density at radius 3 is 2.39 bits per heavy atom. The van der Waals surface area contributed by atoms with E-state index >= 15 is 0 Å². The Bertz CT molecular complexity index is 1340. The number of phenols is 3. The van der Waals surface area contributed by atoms with Gasteiger partial charge in [0.25, 0.3) is 0 Å². The monoisotopic (exact) mass is 416 g/mol. The van der Waals surface area contributed by atoms with Gasteiger partial charge in [0.15, 0.2) is 16.9 Å². The maximum absolute atomic E-state index is 12.9. The molecule has 0 bridgehead atoms. The van der Waals surface area contributed by atoms with Gasteiger partial charge < -0.3 is 24.5 Å². The van der Waals surface area contributed by atoms with Gasteiger partial charge in [0, 0.05) is 29.2 Å². The summed E-state index contributed by atoms with van der Waals surface area (Å²) in [7, 11) is 1.43. The van der Waals surface area contributed by atoms with Crippen molar-refractivity contribution >= 4 is 11.0 Å². The molecular weight excluding hydrogens is 396 g/mol. The molecule has 0 radical (unpaired) electrons. The van der Waals surface area contributed by atoms with Crippen molar-refractivity contribution in [2.45, 2.75) is 5.92 Å². The number of hydrogen-bond donors (Lipinski definition) is 3. The van der Waals surface area contributed by atoms with Gasteiger partial charge in [-0.25, -0.2) is 0 Å². The van der Waals surface area contributed by atoms with Crippen LogP contribution in [-0.2, 0) is 0 Å². The molecule has 4 aromatic rings. The molecule has 156 valence electrons. The summed E-state index contributed by atoms with van der Waals surface area (Å²) in [5.41, 5.74) is 1.20. The smallest absolute Gasteiger partial charge is 0.197 e. The number of rotatable bonds is 5. The SMILES string of the molecule is C=C[C@@H](c1ccc(O)c(OC)c1)c1c(O)cc(O)c2c(=O)cc(-c3ccccc3)oc12. The second-order valence-corrected chi connectivity index (χ2v) is 7.02. The molecule has 0 saturated carbocycles. The van der Waals surface area contributed by atoms with Crippen LogP contribution in [0, 0.1) is 0 Å². The zero-order valence-electron chi connectivity index (χ0n) is 16.7. The van der Waals surface area contributed by atoms with Crippen LogP contribution in [0.3, 0.4) is 0 Å². The van der Waals surface area contributed by atoms with Crippen molar-refractivity contribution in [3.63, 3.8) is 0 Å². The quantitative estimate of drug-likeness (QED) is 0.400. The summed E-state index contributed by atoms with van der Waals surface area (Å²) < 4.78 is 11.2. The van der Waals surface area contributed by atoms with E-state index in [0.717, 1.165) is 6.07 Å². The first-order valence-electron chi connectivity index (χ1n) is 9.52. The molecule has 0 aliphatic rings. The van der Waals surface area contributed by atoms with E-state index in [4.69, 9.17) is 9.15 Å². The Hall–Kier alpha value is -4.19. The maximum atomic E-state index is 12.9. The molecule has 0 unspecified atom stereocenters. The molecule has 3 aromatic carbocycles. The Kier molecular flexibility index (Phi) is 5.13. The summed E-state index contributed by atoms with van der Waals surface area (Å²) >= 11 is 0. The highest BCUT2D eigenvalue weighted by Gasteiger charge is 2.25.